The van der Waals surface area contributed by atoms with Crippen molar-refractivity contribution in [2.24, 2.45) is 11.8 Å². The van der Waals surface area contributed by atoms with Gasteiger partial charge >= 0.3 is 0 Å². The van der Waals surface area contributed by atoms with Crippen LogP contribution in [0.1, 0.15) is 42.9 Å². The molecule has 76 valence electrons. The number of nitrogens with one attached hydrogen (secondary N) is 1. The second-order valence-corrected chi connectivity index (χ2v) is 4.79. The Morgan fingerprint density at radius 2 is 1.93 bits per heavy atom. The summed E-state index contributed by atoms with van der Waals surface area (Å²) in [7, 11) is 0. The van der Waals surface area contributed by atoms with E-state index in [2.05, 4.69) is 17.1 Å². The highest BCUT2D eigenvalue weighted by atomic mass is 15.2. The maximum Gasteiger partial charge on any atom is 0.148 e. The SMILES string of the molecule is Cc1c(N)n[nH]c1C1C2CCCCC21. The van der Waals surface area contributed by atoms with Crippen LogP contribution in [0.15, 0.2) is 0 Å². The summed E-state index contributed by atoms with van der Waals surface area (Å²) in [6, 6.07) is 0. The summed E-state index contributed by atoms with van der Waals surface area (Å²) in [5.74, 6) is 3.30. The van der Waals surface area contributed by atoms with Crippen molar-refractivity contribution in [1.29, 1.82) is 0 Å². The normalized spacial score (nSPS) is 35.4. The highest BCUT2D eigenvalue weighted by molar-refractivity contribution is 5.44. The van der Waals surface area contributed by atoms with Crippen molar-refractivity contribution in [3.63, 3.8) is 0 Å². The lowest BCUT2D eigenvalue weighted by molar-refractivity contribution is 0.480. The molecule has 1 aromatic heterocycles. The topological polar surface area (TPSA) is 54.7 Å². The maximum absolute atomic E-state index is 5.75. The van der Waals surface area contributed by atoms with Crippen LogP contribution in [0.5, 0.6) is 0 Å². The number of aromatic nitrogens is 2. The van der Waals surface area contributed by atoms with E-state index in [9.17, 15) is 0 Å². The van der Waals surface area contributed by atoms with E-state index in [0.717, 1.165) is 17.8 Å². The number of hydrogen-bond acceptors (Lipinski definition) is 2. The van der Waals surface area contributed by atoms with Crippen LogP contribution in [-0.2, 0) is 0 Å². The van der Waals surface area contributed by atoms with Crippen molar-refractivity contribution in [3.05, 3.63) is 11.3 Å². The molecule has 2 unspecified atom stereocenters. The van der Waals surface area contributed by atoms with Gasteiger partial charge < -0.3 is 5.73 Å². The fraction of sp³-hybridized carbons (Fsp3) is 0.727. The van der Waals surface area contributed by atoms with Gasteiger partial charge in [-0.25, -0.2) is 0 Å². The number of aromatic amines is 1. The smallest absolute Gasteiger partial charge is 0.148 e. The van der Waals surface area contributed by atoms with Crippen LogP contribution in [0, 0.1) is 18.8 Å². The zero-order valence-corrected chi connectivity index (χ0v) is 8.59. The van der Waals surface area contributed by atoms with E-state index in [-0.39, 0.29) is 0 Å². The highest BCUT2D eigenvalue weighted by Crippen LogP contribution is 2.61. The van der Waals surface area contributed by atoms with Gasteiger partial charge in [-0.3, -0.25) is 5.10 Å². The number of nitrogens with two attached hydrogens (primary N) is 1. The molecule has 2 saturated carbocycles. The molecular weight excluding hydrogens is 174 g/mol. The van der Waals surface area contributed by atoms with Gasteiger partial charge in [0, 0.05) is 17.2 Å². The van der Waals surface area contributed by atoms with E-state index in [0.29, 0.717) is 5.82 Å². The molecule has 2 aliphatic rings. The van der Waals surface area contributed by atoms with Crippen molar-refractivity contribution in [3.8, 4) is 0 Å². The fourth-order valence-electron chi connectivity index (χ4n) is 3.17. The number of rotatable bonds is 1. The number of H-pyrrole nitrogens is 1. The number of hydrogen-bond donors (Lipinski definition) is 2. The molecular formula is C11H17N3. The standard InChI is InChI=1S/C11H17N3/c1-6-10(13-14-11(6)12)9-7-4-2-3-5-8(7)9/h7-9H,2-5H2,1H3,(H3,12,13,14). The van der Waals surface area contributed by atoms with E-state index in [1.807, 2.05) is 0 Å². The highest BCUT2D eigenvalue weighted by Gasteiger charge is 2.52. The lowest BCUT2D eigenvalue weighted by Crippen LogP contribution is -1.91. The van der Waals surface area contributed by atoms with Crippen LogP contribution < -0.4 is 5.73 Å². The Balaban J connectivity index is 1.87. The Hall–Kier alpha value is -0.990. The summed E-state index contributed by atoms with van der Waals surface area (Å²) in [6.45, 7) is 2.08. The predicted octanol–water partition coefficient (Wildman–Crippen LogP) is 2.20. The summed E-state index contributed by atoms with van der Waals surface area (Å²) >= 11 is 0. The molecule has 0 bridgehead atoms. The van der Waals surface area contributed by atoms with Gasteiger partial charge in [0.15, 0.2) is 0 Å². The molecule has 3 heteroatoms. The van der Waals surface area contributed by atoms with Crippen LogP contribution in [-0.4, -0.2) is 10.2 Å². The van der Waals surface area contributed by atoms with Crippen molar-refractivity contribution in [2.75, 3.05) is 5.73 Å². The number of anilines is 1. The van der Waals surface area contributed by atoms with Crippen LogP contribution in [0.25, 0.3) is 0 Å². The molecule has 1 aromatic rings. The van der Waals surface area contributed by atoms with Gasteiger partial charge in [-0.15, -0.1) is 0 Å². The van der Waals surface area contributed by atoms with Gasteiger partial charge in [0.05, 0.1) is 0 Å². The van der Waals surface area contributed by atoms with E-state index < -0.39 is 0 Å². The van der Waals surface area contributed by atoms with E-state index in [4.69, 9.17) is 5.73 Å². The number of nitrogen functional groups attached to an aromatic ring is 1. The monoisotopic (exact) mass is 191 g/mol. The van der Waals surface area contributed by atoms with Gasteiger partial charge in [-0.05, 0) is 31.6 Å². The second kappa shape index (κ2) is 2.75. The molecule has 2 fully saturated rings. The molecule has 3 rings (SSSR count). The Morgan fingerprint density at radius 1 is 1.29 bits per heavy atom. The van der Waals surface area contributed by atoms with Gasteiger partial charge in [-0.1, -0.05) is 12.8 Å². The van der Waals surface area contributed by atoms with Crippen molar-refractivity contribution >= 4 is 5.82 Å². The number of nitrogens with zero attached hydrogens (tertiary/aromatic N) is 1. The average Bonchev–Trinajstić information content (AvgIpc) is 2.84. The van der Waals surface area contributed by atoms with E-state index in [1.54, 1.807) is 0 Å². The van der Waals surface area contributed by atoms with Crippen LogP contribution >= 0.6 is 0 Å². The summed E-state index contributed by atoms with van der Waals surface area (Å²) in [4.78, 5) is 0. The minimum absolute atomic E-state index is 0.684. The molecule has 14 heavy (non-hydrogen) atoms. The molecule has 2 atom stereocenters. The van der Waals surface area contributed by atoms with Crippen molar-refractivity contribution < 1.29 is 0 Å². The first-order chi connectivity index (χ1) is 6.79. The minimum Gasteiger partial charge on any atom is -0.382 e. The van der Waals surface area contributed by atoms with Gasteiger partial charge in [0.25, 0.3) is 0 Å². The summed E-state index contributed by atoms with van der Waals surface area (Å²) in [5.41, 5.74) is 8.26. The quantitative estimate of drug-likeness (QED) is 0.715. The molecule has 0 spiro atoms. The van der Waals surface area contributed by atoms with Gasteiger partial charge in [-0.2, -0.15) is 5.10 Å². The third-order valence-corrected chi connectivity index (χ3v) is 4.07. The average molecular weight is 191 g/mol. The molecule has 0 amide bonds. The van der Waals surface area contributed by atoms with Gasteiger partial charge in [0.2, 0.25) is 0 Å². The molecule has 3 N–H and O–H groups in total. The van der Waals surface area contributed by atoms with E-state index in [1.165, 1.54) is 36.9 Å². The molecule has 2 aliphatic carbocycles. The van der Waals surface area contributed by atoms with Crippen LogP contribution in [0.3, 0.4) is 0 Å². The minimum atomic E-state index is 0.684. The van der Waals surface area contributed by atoms with Crippen LogP contribution in [0.2, 0.25) is 0 Å². The van der Waals surface area contributed by atoms with Crippen molar-refractivity contribution in [1.82, 2.24) is 10.2 Å². The first kappa shape index (κ1) is 8.33. The van der Waals surface area contributed by atoms with Gasteiger partial charge in [0.1, 0.15) is 5.82 Å². The Labute approximate surface area is 84.1 Å². The summed E-state index contributed by atoms with van der Waals surface area (Å²) in [6.07, 6.45) is 5.65. The number of fused-ring (bicyclic) bond motifs is 1. The first-order valence-electron chi connectivity index (χ1n) is 5.59. The molecule has 0 aromatic carbocycles. The van der Waals surface area contributed by atoms with Crippen molar-refractivity contribution in [2.45, 2.75) is 38.5 Å². The summed E-state index contributed by atoms with van der Waals surface area (Å²) in [5, 5.41) is 7.21. The molecule has 0 radical (unpaired) electrons. The molecule has 3 nitrogen and oxygen atoms in total. The Bertz CT molecular complexity index is 343. The first-order valence-corrected chi connectivity index (χ1v) is 5.59. The largest absolute Gasteiger partial charge is 0.382 e. The fourth-order valence-corrected chi connectivity index (χ4v) is 3.17. The zero-order chi connectivity index (χ0) is 9.71. The molecule has 0 saturated heterocycles. The van der Waals surface area contributed by atoms with Crippen LogP contribution in [0.4, 0.5) is 5.82 Å². The van der Waals surface area contributed by atoms with E-state index >= 15 is 0 Å². The predicted molar refractivity (Wildman–Crippen MR) is 55.9 cm³/mol. The zero-order valence-electron chi connectivity index (χ0n) is 8.59. The lowest BCUT2D eigenvalue weighted by Gasteiger charge is -2.04. The molecule has 0 aliphatic heterocycles. The Morgan fingerprint density at radius 3 is 2.43 bits per heavy atom. The molecule has 1 heterocycles. The third-order valence-electron chi connectivity index (χ3n) is 4.07. The Kier molecular flexibility index (Phi) is 1.64. The third kappa shape index (κ3) is 1.01. The summed E-state index contributed by atoms with van der Waals surface area (Å²) < 4.78 is 0. The maximum atomic E-state index is 5.75. The lowest BCUT2D eigenvalue weighted by atomic mass is 10.0. The second-order valence-electron chi connectivity index (χ2n) is 4.79.